The largest absolute Gasteiger partial charge is 0.478 e. The summed E-state index contributed by atoms with van der Waals surface area (Å²) in [5.41, 5.74) is 0.724. The number of hydrogen-bond donors (Lipinski definition) is 1. The van der Waals surface area contributed by atoms with Crippen LogP contribution in [0.1, 0.15) is 23.0 Å². The van der Waals surface area contributed by atoms with Gasteiger partial charge < -0.3 is 5.11 Å². The fourth-order valence-corrected chi connectivity index (χ4v) is 2.00. The van der Waals surface area contributed by atoms with Gasteiger partial charge in [-0.3, -0.25) is 0 Å². The lowest BCUT2D eigenvalue weighted by atomic mass is 10.2. The summed E-state index contributed by atoms with van der Waals surface area (Å²) >= 11 is 5.99. The molecular weight excluding hydrogens is 259 g/mol. The molecule has 2 rings (SSSR count). The Balaban J connectivity index is 2.63. The van der Waals surface area contributed by atoms with Crippen LogP contribution in [0.2, 0.25) is 5.15 Å². The molecule has 0 aliphatic rings. The van der Waals surface area contributed by atoms with Crippen LogP contribution in [0.25, 0.3) is 5.69 Å². The maximum atomic E-state index is 13.1. The second kappa shape index (κ2) is 4.78. The van der Waals surface area contributed by atoms with Gasteiger partial charge in [-0.2, -0.15) is 5.10 Å². The Hall–Kier alpha value is -1.88. The van der Waals surface area contributed by atoms with Crippen molar-refractivity contribution in [3.05, 3.63) is 46.5 Å². The Morgan fingerprint density at radius 2 is 2.28 bits per heavy atom. The highest BCUT2D eigenvalue weighted by molar-refractivity contribution is 6.32. The van der Waals surface area contributed by atoms with E-state index in [-0.39, 0.29) is 10.7 Å². The maximum Gasteiger partial charge on any atom is 0.340 e. The van der Waals surface area contributed by atoms with E-state index in [0.717, 1.165) is 0 Å². The molecule has 1 heterocycles. The molecule has 0 unspecified atom stereocenters. The van der Waals surface area contributed by atoms with Gasteiger partial charge in [-0.1, -0.05) is 24.6 Å². The van der Waals surface area contributed by atoms with Gasteiger partial charge in [0.1, 0.15) is 16.5 Å². The highest BCUT2D eigenvalue weighted by Crippen LogP contribution is 2.24. The summed E-state index contributed by atoms with van der Waals surface area (Å²) in [4.78, 5) is 11.1. The van der Waals surface area contributed by atoms with E-state index in [1.54, 1.807) is 13.0 Å². The van der Waals surface area contributed by atoms with Crippen molar-refractivity contribution < 1.29 is 14.3 Å². The number of hydrogen-bond acceptors (Lipinski definition) is 2. The molecule has 4 nitrogen and oxygen atoms in total. The lowest BCUT2D eigenvalue weighted by molar-refractivity contribution is 0.0696. The summed E-state index contributed by atoms with van der Waals surface area (Å²) < 4.78 is 14.4. The first-order valence-corrected chi connectivity index (χ1v) is 5.69. The molecule has 0 amide bonds. The van der Waals surface area contributed by atoms with Crippen molar-refractivity contribution in [2.24, 2.45) is 0 Å². The third kappa shape index (κ3) is 2.09. The van der Waals surface area contributed by atoms with E-state index in [1.165, 1.54) is 22.9 Å². The number of aromatic nitrogens is 2. The fourth-order valence-electron chi connectivity index (χ4n) is 1.68. The molecule has 2 aromatic rings. The van der Waals surface area contributed by atoms with Crippen LogP contribution >= 0.6 is 11.6 Å². The van der Waals surface area contributed by atoms with Crippen molar-refractivity contribution in [1.29, 1.82) is 0 Å². The predicted octanol–water partition coefficient (Wildman–Crippen LogP) is 2.93. The summed E-state index contributed by atoms with van der Waals surface area (Å²) in [5, 5.41) is 13.2. The zero-order chi connectivity index (χ0) is 13.3. The second-order valence-corrected chi connectivity index (χ2v) is 4.02. The minimum absolute atomic E-state index is 0.0232. The lowest BCUT2D eigenvalue weighted by Gasteiger charge is -2.02. The Morgan fingerprint density at radius 1 is 1.56 bits per heavy atom. The summed E-state index contributed by atoms with van der Waals surface area (Å²) in [6.07, 6.45) is 0.434. The van der Waals surface area contributed by atoms with Crippen LogP contribution in [0.4, 0.5) is 4.39 Å². The van der Waals surface area contributed by atoms with Gasteiger partial charge in [-0.15, -0.1) is 0 Å². The van der Waals surface area contributed by atoms with E-state index < -0.39 is 11.8 Å². The molecular formula is C12H10ClFN2O2. The van der Waals surface area contributed by atoms with Crippen LogP contribution in [0.3, 0.4) is 0 Å². The number of carboxylic acids is 1. The van der Waals surface area contributed by atoms with Gasteiger partial charge >= 0.3 is 5.97 Å². The van der Waals surface area contributed by atoms with E-state index in [9.17, 15) is 9.18 Å². The monoisotopic (exact) mass is 268 g/mol. The number of aromatic carboxylic acids is 1. The molecule has 1 aromatic heterocycles. The summed E-state index contributed by atoms with van der Waals surface area (Å²) in [5.74, 6) is -1.58. The molecule has 0 spiro atoms. The van der Waals surface area contributed by atoms with Gasteiger partial charge in [0.25, 0.3) is 0 Å². The normalized spacial score (nSPS) is 10.6. The Morgan fingerprint density at radius 3 is 2.78 bits per heavy atom. The summed E-state index contributed by atoms with van der Waals surface area (Å²) in [6, 6.07) is 5.64. The van der Waals surface area contributed by atoms with Crippen molar-refractivity contribution in [2.45, 2.75) is 13.3 Å². The second-order valence-electron chi connectivity index (χ2n) is 3.66. The van der Waals surface area contributed by atoms with Gasteiger partial charge in [0.15, 0.2) is 0 Å². The number of carbonyl (C=O) groups is 1. The first kappa shape index (κ1) is 12.6. The first-order chi connectivity index (χ1) is 8.54. The van der Waals surface area contributed by atoms with Gasteiger partial charge in [0.05, 0.1) is 11.4 Å². The Kier molecular flexibility index (Phi) is 3.34. The quantitative estimate of drug-likeness (QED) is 0.931. The summed E-state index contributed by atoms with van der Waals surface area (Å²) in [6.45, 7) is 1.78. The lowest BCUT2D eigenvalue weighted by Crippen LogP contribution is -2.00. The fraction of sp³-hybridized carbons (Fsp3) is 0.167. The minimum atomic E-state index is -1.14. The molecule has 0 aliphatic carbocycles. The smallest absolute Gasteiger partial charge is 0.340 e. The average molecular weight is 269 g/mol. The molecule has 18 heavy (non-hydrogen) atoms. The van der Waals surface area contributed by atoms with Crippen LogP contribution in [-0.2, 0) is 6.42 Å². The molecule has 6 heteroatoms. The number of nitrogens with zero attached hydrogens (tertiary/aromatic N) is 2. The molecule has 0 aliphatic heterocycles. The summed E-state index contributed by atoms with van der Waals surface area (Å²) in [7, 11) is 0. The first-order valence-electron chi connectivity index (χ1n) is 5.31. The molecule has 0 bridgehead atoms. The zero-order valence-electron chi connectivity index (χ0n) is 9.52. The van der Waals surface area contributed by atoms with E-state index in [2.05, 4.69) is 5.10 Å². The standard InChI is InChI=1S/C12H10ClFN2O2/c1-2-9-10(12(17)18)11(13)16(15-9)8-5-3-4-7(14)6-8/h3-6H,2H2,1H3,(H,17,18). The Labute approximate surface area is 108 Å². The van der Waals surface area contributed by atoms with Gasteiger partial charge in [0.2, 0.25) is 0 Å². The SMILES string of the molecule is CCc1nn(-c2cccc(F)c2)c(Cl)c1C(=O)O. The third-order valence-corrected chi connectivity index (χ3v) is 2.85. The molecule has 1 aromatic carbocycles. The average Bonchev–Trinajstić information content (AvgIpc) is 2.66. The molecule has 0 saturated carbocycles. The molecule has 0 saturated heterocycles. The van der Waals surface area contributed by atoms with Crippen molar-refractivity contribution in [2.75, 3.05) is 0 Å². The molecule has 1 N–H and O–H groups in total. The number of halogens is 2. The van der Waals surface area contributed by atoms with E-state index >= 15 is 0 Å². The number of rotatable bonds is 3. The van der Waals surface area contributed by atoms with Crippen molar-refractivity contribution in [1.82, 2.24) is 9.78 Å². The van der Waals surface area contributed by atoms with Gasteiger partial charge in [0, 0.05) is 0 Å². The number of benzene rings is 1. The number of carboxylic acid groups (broad SMARTS) is 1. The zero-order valence-corrected chi connectivity index (χ0v) is 10.3. The van der Waals surface area contributed by atoms with Gasteiger partial charge in [-0.05, 0) is 24.6 Å². The van der Waals surface area contributed by atoms with Crippen LogP contribution in [0.15, 0.2) is 24.3 Å². The van der Waals surface area contributed by atoms with Crippen LogP contribution < -0.4 is 0 Å². The van der Waals surface area contributed by atoms with Gasteiger partial charge in [-0.25, -0.2) is 13.9 Å². The highest BCUT2D eigenvalue weighted by Gasteiger charge is 2.21. The highest BCUT2D eigenvalue weighted by atomic mass is 35.5. The molecule has 0 fully saturated rings. The maximum absolute atomic E-state index is 13.1. The van der Waals surface area contributed by atoms with Crippen LogP contribution in [0, 0.1) is 5.82 Å². The van der Waals surface area contributed by atoms with Crippen molar-refractivity contribution in [3.8, 4) is 5.69 Å². The van der Waals surface area contributed by atoms with Crippen LogP contribution in [-0.4, -0.2) is 20.9 Å². The molecule has 0 atom stereocenters. The van der Waals surface area contributed by atoms with Crippen molar-refractivity contribution in [3.63, 3.8) is 0 Å². The molecule has 94 valence electrons. The van der Waals surface area contributed by atoms with E-state index in [4.69, 9.17) is 16.7 Å². The van der Waals surface area contributed by atoms with E-state index in [1.807, 2.05) is 0 Å². The third-order valence-electron chi connectivity index (χ3n) is 2.50. The number of aryl methyl sites for hydroxylation is 1. The van der Waals surface area contributed by atoms with E-state index in [0.29, 0.717) is 17.8 Å². The van der Waals surface area contributed by atoms with Crippen LogP contribution in [0.5, 0.6) is 0 Å². The predicted molar refractivity (Wildman–Crippen MR) is 64.9 cm³/mol. The molecule has 0 radical (unpaired) electrons. The minimum Gasteiger partial charge on any atom is -0.478 e. The Bertz CT molecular complexity index is 610. The topological polar surface area (TPSA) is 55.1 Å². The van der Waals surface area contributed by atoms with Crippen molar-refractivity contribution >= 4 is 17.6 Å².